The van der Waals surface area contributed by atoms with Gasteiger partial charge >= 0.3 is 0 Å². The monoisotopic (exact) mass is 240 g/mol. The van der Waals surface area contributed by atoms with Crippen LogP contribution in [0.2, 0.25) is 0 Å². The van der Waals surface area contributed by atoms with Crippen LogP contribution in [-0.2, 0) is 4.79 Å². The van der Waals surface area contributed by atoms with Gasteiger partial charge in [0.25, 0.3) is 0 Å². The number of anilines is 1. The largest absolute Gasteiger partial charge is 0.488 e. The first-order valence-corrected chi connectivity index (χ1v) is 5.39. The lowest BCUT2D eigenvalue weighted by molar-refractivity contribution is -0.128. The molecule has 0 saturated heterocycles. The number of ether oxygens (including phenoxy) is 1. The maximum Gasteiger partial charge on any atom is 0.222 e. The molecule has 0 aliphatic heterocycles. The Labute approximate surface area is 100 Å². The highest BCUT2D eigenvalue weighted by Crippen LogP contribution is 2.24. The molecule has 1 aromatic carbocycles. The van der Waals surface area contributed by atoms with Gasteiger partial charge in [-0.2, -0.15) is 0 Å². The average Bonchev–Trinajstić information content (AvgIpc) is 2.27. The number of benzene rings is 1. The Balaban J connectivity index is 2.39. The van der Waals surface area contributed by atoms with Crippen LogP contribution in [-0.4, -0.2) is 31.5 Å². The fourth-order valence-corrected chi connectivity index (χ4v) is 1.30. The lowest BCUT2D eigenvalue weighted by atomic mass is 10.2. The van der Waals surface area contributed by atoms with E-state index in [1.54, 1.807) is 20.2 Å². The molecule has 0 saturated carbocycles. The third-order valence-electron chi connectivity index (χ3n) is 2.28. The minimum atomic E-state index is -0.482. The van der Waals surface area contributed by atoms with E-state index in [2.05, 4.69) is 0 Å². The molecule has 94 valence electrons. The van der Waals surface area contributed by atoms with Crippen molar-refractivity contribution in [2.45, 2.75) is 12.8 Å². The van der Waals surface area contributed by atoms with E-state index < -0.39 is 5.82 Å². The lowest BCUT2D eigenvalue weighted by Gasteiger charge is -2.11. The van der Waals surface area contributed by atoms with E-state index in [1.165, 1.54) is 17.0 Å². The summed E-state index contributed by atoms with van der Waals surface area (Å²) in [6, 6.07) is 4.38. The maximum absolute atomic E-state index is 13.3. The van der Waals surface area contributed by atoms with Crippen LogP contribution in [0.25, 0.3) is 0 Å². The topological polar surface area (TPSA) is 55.6 Å². The Morgan fingerprint density at radius 3 is 2.76 bits per heavy atom. The number of nitrogen functional groups attached to an aromatic ring is 1. The van der Waals surface area contributed by atoms with Crippen molar-refractivity contribution >= 4 is 11.6 Å². The maximum atomic E-state index is 13.3. The summed E-state index contributed by atoms with van der Waals surface area (Å²) >= 11 is 0. The first-order valence-electron chi connectivity index (χ1n) is 5.39. The molecular weight excluding hydrogens is 223 g/mol. The molecule has 17 heavy (non-hydrogen) atoms. The molecule has 0 fully saturated rings. The van der Waals surface area contributed by atoms with Crippen LogP contribution in [0.5, 0.6) is 5.75 Å². The van der Waals surface area contributed by atoms with Crippen LogP contribution < -0.4 is 10.5 Å². The Morgan fingerprint density at radius 1 is 1.47 bits per heavy atom. The van der Waals surface area contributed by atoms with E-state index >= 15 is 0 Å². The van der Waals surface area contributed by atoms with E-state index in [-0.39, 0.29) is 24.0 Å². The van der Waals surface area contributed by atoms with Crippen LogP contribution >= 0.6 is 0 Å². The highest BCUT2D eigenvalue weighted by Gasteiger charge is 2.08. The van der Waals surface area contributed by atoms with Crippen LogP contribution in [0, 0.1) is 5.82 Å². The number of hydrogen-bond acceptors (Lipinski definition) is 3. The molecule has 1 rings (SSSR count). The zero-order valence-electron chi connectivity index (χ0n) is 10.1. The first kappa shape index (κ1) is 13.3. The normalized spacial score (nSPS) is 10.1. The number of nitrogens with zero attached hydrogens (tertiary/aromatic N) is 1. The number of rotatable bonds is 5. The fourth-order valence-electron chi connectivity index (χ4n) is 1.30. The van der Waals surface area contributed by atoms with Crippen molar-refractivity contribution in [3.8, 4) is 5.75 Å². The number of para-hydroxylation sites is 1. The van der Waals surface area contributed by atoms with Crippen molar-refractivity contribution in [1.82, 2.24) is 4.90 Å². The SMILES string of the molecule is CN(C)C(=O)CCCOc1c(N)cccc1F. The van der Waals surface area contributed by atoms with E-state index in [0.717, 1.165) is 0 Å². The molecule has 1 aromatic rings. The quantitative estimate of drug-likeness (QED) is 0.629. The van der Waals surface area contributed by atoms with Gasteiger partial charge in [0.1, 0.15) is 0 Å². The highest BCUT2D eigenvalue weighted by atomic mass is 19.1. The summed E-state index contributed by atoms with van der Waals surface area (Å²) in [5.74, 6) is -0.399. The van der Waals surface area contributed by atoms with Crippen LogP contribution in [0.4, 0.5) is 10.1 Å². The molecule has 0 bridgehead atoms. The number of carbonyl (C=O) groups is 1. The molecule has 0 unspecified atom stereocenters. The van der Waals surface area contributed by atoms with Gasteiger partial charge in [-0.1, -0.05) is 6.07 Å². The van der Waals surface area contributed by atoms with Crippen LogP contribution in [0.15, 0.2) is 18.2 Å². The van der Waals surface area contributed by atoms with Crippen molar-refractivity contribution in [1.29, 1.82) is 0 Å². The van der Waals surface area contributed by atoms with Crippen molar-refractivity contribution in [2.24, 2.45) is 0 Å². The number of nitrogens with two attached hydrogens (primary N) is 1. The van der Waals surface area contributed by atoms with Crippen molar-refractivity contribution in [3.05, 3.63) is 24.0 Å². The van der Waals surface area contributed by atoms with Gasteiger partial charge in [-0.05, 0) is 18.6 Å². The van der Waals surface area contributed by atoms with Crippen LogP contribution in [0.3, 0.4) is 0 Å². The van der Waals surface area contributed by atoms with Crippen LogP contribution in [0.1, 0.15) is 12.8 Å². The molecule has 0 aliphatic rings. The molecule has 0 heterocycles. The number of carbonyl (C=O) groups excluding carboxylic acids is 1. The zero-order valence-corrected chi connectivity index (χ0v) is 10.1. The van der Waals surface area contributed by atoms with Gasteiger partial charge < -0.3 is 15.4 Å². The summed E-state index contributed by atoms with van der Waals surface area (Å²) < 4.78 is 18.5. The van der Waals surface area contributed by atoms with Gasteiger partial charge in [0.15, 0.2) is 11.6 Å². The molecule has 5 heteroatoms. The summed E-state index contributed by atoms with van der Waals surface area (Å²) in [4.78, 5) is 12.8. The fraction of sp³-hybridized carbons (Fsp3) is 0.417. The van der Waals surface area contributed by atoms with Gasteiger partial charge in [0.2, 0.25) is 5.91 Å². The van der Waals surface area contributed by atoms with Gasteiger partial charge in [-0.3, -0.25) is 4.79 Å². The summed E-state index contributed by atoms with van der Waals surface area (Å²) in [5, 5.41) is 0. The Kier molecular flexibility index (Phi) is 4.75. The predicted octanol–water partition coefficient (Wildman–Crippen LogP) is 1.66. The molecule has 0 atom stereocenters. The first-order chi connectivity index (χ1) is 8.02. The number of halogens is 1. The van der Waals surface area contributed by atoms with Gasteiger partial charge in [-0.25, -0.2) is 4.39 Å². The zero-order chi connectivity index (χ0) is 12.8. The lowest BCUT2D eigenvalue weighted by Crippen LogP contribution is -2.21. The second-order valence-electron chi connectivity index (χ2n) is 3.90. The molecule has 4 nitrogen and oxygen atoms in total. The van der Waals surface area contributed by atoms with E-state index in [4.69, 9.17) is 10.5 Å². The van der Waals surface area contributed by atoms with Crippen molar-refractivity contribution in [2.75, 3.05) is 26.4 Å². The highest BCUT2D eigenvalue weighted by molar-refractivity contribution is 5.75. The Morgan fingerprint density at radius 2 is 2.18 bits per heavy atom. The van der Waals surface area contributed by atoms with E-state index in [0.29, 0.717) is 12.8 Å². The second kappa shape index (κ2) is 6.08. The van der Waals surface area contributed by atoms with Gasteiger partial charge in [0, 0.05) is 20.5 Å². The minimum absolute atomic E-state index is 0.0232. The summed E-state index contributed by atoms with van der Waals surface area (Å²) in [5.41, 5.74) is 5.84. The average molecular weight is 240 g/mol. The number of amides is 1. The van der Waals surface area contributed by atoms with Crippen molar-refractivity contribution < 1.29 is 13.9 Å². The third kappa shape index (κ3) is 3.94. The predicted molar refractivity (Wildman–Crippen MR) is 64.2 cm³/mol. The molecular formula is C12H17FN2O2. The Bertz CT molecular complexity index is 374. The molecule has 2 N–H and O–H groups in total. The number of hydrogen-bond donors (Lipinski definition) is 1. The van der Waals surface area contributed by atoms with Crippen molar-refractivity contribution in [3.63, 3.8) is 0 Å². The van der Waals surface area contributed by atoms with Gasteiger partial charge in [0.05, 0.1) is 12.3 Å². The van der Waals surface area contributed by atoms with Gasteiger partial charge in [-0.15, -0.1) is 0 Å². The standard InChI is InChI=1S/C12H17FN2O2/c1-15(2)11(16)7-4-8-17-12-9(13)5-3-6-10(12)14/h3,5-6H,4,7-8,14H2,1-2H3. The molecule has 0 aromatic heterocycles. The summed E-state index contributed by atoms with van der Waals surface area (Å²) in [7, 11) is 3.39. The molecule has 0 spiro atoms. The van der Waals surface area contributed by atoms with E-state index in [1.807, 2.05) is 0 Å². The van der Waals surface area contributed by atoms with E-state index in [9.17, 15) is 9.18 Å². The second-order valence-corrected chi connectivity index (χ2v) is 3.90. The Hall–Kier alpha value is -1.78. The molecule has 1 amide bonds. The summed E-state index contributed by atoms with van der Waals surface area (Å²) in [6.45, 7) is 0.269. The third-order valence-corrected chi connectivity index (χ3v) is 2.28. The summed E-state index contributed by atoms with van der Waals surface area (Å²) in [6.07, 6.45) is 0.909. The molecule has 0 radical (unpaired) electrons. The molecule has 0 aliphatic carbocycles. The smallest absolute Gasteiger partial charge is 0.222 e. The minimum Gasteiger partial charge on any atom is -0.488 e.